The molecule has 4 bridgehead atoms. The molecule has 0 radical (unpaired) electrons. The smallest absolute Gasteiger partial charge is 0.236 e. The van der Waals surface area contributed by atoms with E-state index in [-0.39, 0.29) is 59.1 Å². The standard InChI is InChI=1S/C26H32N2O4/c1-25-17-9-7-15(13-17)19(25)21(29)27(23(25)31)11-5-3-4-6-12-28-22(30)20-16-8-10-18(14-16)26(20,2)24(28)32/h7-10,15-20H,3-6,11-14H2,1-2H3/t15-,16-,17-,18+,19+,20+,25+,26-/m1/s1. The molecule has 6 aliphatic rings. The number of allylic oxidation sites excluding steroid dienone is 4. The van der Waals surface area contributed by atoms with Crippen LogP contribution in [0, 0.1) is 46.3 Å². The number of carbonyl (C=O) groups is 4. The molecule has 4 amide bonds. The molecular weight excluding hydrogens is 404 g/mol. The Morgan fingerprint density at radius 1 is 0.688 bits per heavy atom. The SMILES string of the molecule is C[C@@]12C(=O)N(CCCCCCN3C(=O)[C@@H]4[C@@H]5C=C[C@@H](C5)[C@@]4(C)C3=O)C(=O)[C@@H]1[C@@H]1C=C[C@@H]2C1. The Morgan fingerprint density at radius 3 is 1.47 bits per heavy atom. The lowest BCUT2D eigenvalue weighted by Crippen LogP contribution is -2.38. The summed E-state index contributed by atoms with van der Waals surface area (Å²) in [6.45, 7) is 4.93. The second-order valence-electron chi connectivity index (χ2n) is 11.3. The summed E-state index contributed by atoms with van der Waals surface area (Å²) in [5, 5.41) is 0. The molecule has 2 saturated carbocycles. The summed E-state index contributed by atoms with van der Waals surface area (Å²) in [6.07, 6.45) is 13.7. The fourth-order valence-corrected chi connectivity index (χ4v) is 8.09. The van der Waals surface area contributed by atoms with Crippen LogP contribution in [0.1, 0.15) is 52.4 Å². The van der Waals surface area contributed by atoms with Crippen LogP contribution < -0.4 is 0 Å². The molecule has 0 spiro atoms. The minimum absolute atomic E-state index is 0.0145. The van der Waals surface area contributed by atoms with E-state index in [0.29, 0.717) is 13.1 Å². The van der Waals surface area contributed by atoms with Gasteiger partial charge in [0.2, 0.25) is 23.6 Å². The minimum atomic E-state index is -0.532. The first kappa shape index (κ1) is 20.4. The van der Waals surface area contributed by atoms with Gasteiger partial charge in [0.05, 0.1) is 22.7 Å². The minimum Gasteiger partial charge on any atom is -0.282 e. The average Bonchev–Trinajstić information content (AvgIpc) is 3.57. The number of hydrogen-bond acceptors (Lipinski definition) is 4. The van der Waals surface area contributed by atoms with Crippen molar-refractivity contribution in [3.63, 3.8) is 0 Å². The van der Waals surface area contributed by atoms with Gasteiger partial charge in [-0.25, -0.2) is 0 Å². The number of fused-ring (bicyclic) bond motifs is 10. The normalized spacial score (nSPS) is 45.2. The number of nitrogens with zero attached hydrogens (tertiary/aromatic N) is 2. The van der Waals surface area contributed by atoms with E-state index in [1.54, 1.807) is 0 Å². The zero-order valence-electron chi connectivity index (χ0n) is 19.0. The van der Waals surface area contributed by atoms with Gasteiger partial charge in [0.25, 0.3) is 0 Å². The molecule has 0 aromatic heterocycles. The number of unbranched alkanes of at least 4 members (excludes halogenated alkanes) is 3. The maximum atomic E-state index is 13.0. The third kappa shape index (κ3) is 2.31. The van der Waals surface area contributed by atoms with Crippen molar-refractivity contribution in [3.05, 3.63) is 24.3 Å². The molecule has 4 fully saturated rings. The van der Waals surface area contributed by atoms with Crippen molar-refractivity contribution in [1.29, 1.82) is 0 Å². The molecule has 0 aromatic rings. The van der Waals surface area contributed by atoms with Gasteiger partial charge in [-0.3, -0.25) is 29.0 Å². The zero-order chi connectivity index (χ0) is 22.4. The lowest BCUT2D eigenvalue weighted by molar-refractivity contribution is -0.143. The fourth-order valence-electron chi connectivity index (χ4n) is 8.09. The van der Waals surface area contributed by atoms with Gasteiger partial charge in [-0.1, -0.05) is 37.1 Å². The van der Waals surface area contributed by atoms with Crippen molar-refractivity contribution in [1.82, 2.24) is 9.80 Å². The van der Waals surface area contributed by atoms with Gasteiger partial charge >= 0.3 is 0 Å². The van der Waals surface area contributed by atoms with Crippen molar-refractivity contribution < 1.29 is 19.2 Å². The molecule has 170 valence electrons. The summed E-state index contributed by atoms with van der Waals surface area (Å²) in [5.74, 6) is 0.619. The van der Waals surface area contributed by atoms with E-state index < -0.39 is 10.8 Å². The number of imide groups is 2. The number of carbonyl (C=O) groups excluding carboxylic acids is 4. The van der Waals surface area contributed by atoms with Gasteiger partial charge in [-0.2, -0.15) is 0 Å². The molecule has 6 rings (SSSR count). The van der Waals surface area contributed by atoms with Crippen LogP contribution >= 0.6 is 0 Å². The summed E-state index contributed by atoms with van der Waals surface area (Å²) in [6, 6.07) is 0. The Balaban J connectivity index is 0.985. The topological polar surface area (TPSA) is 74.8 Å². The van der Waals surface area contributed by atoms with Crippen LogP contribution in [-0.2, 0) is 19.2 Å². The number of likely N-dealkylation sites (tertiary alicyclic amines) is 2. The highest BCUT2D eigenvalue weighted by atomic mass is 16.2. The second-order valence-corrected chi connectivity index (χ2v) is 11.3. The van der Waals surface area contributed by atoms with Crippen LogP contribution in [0.3, 0.4) is 0 Å². The molecule has 2 aliphatic heterocycles. The maximum Gasteiger partial charge on any atom is 0.236 e. The molecule has 6 heteroatoms. The second kappa shape index (κ2) is 6.64. The third-order valence-electron chi connectivity index (χ3n) is 9.91. The molecule has 2 saturated heterocycles. The highest BCUT2D eigenvalue weighted by Gasteiger charge is 2.68. The first-order chi connectivity index (χ1) is 15.3. The van der Waals surface area contributed by atoms with Crippen molar-refractivity contribution in [3.8, 4) is 0 Å². The van der Waals surface area contributed by atoms with Crippen molar-refractivity contribution in [2.75, 3.05) is 13.1 Å². The van der Waals surface area contributed by atoms with Gasteiger partial charge < -0.3 is 0 Å². The summed E-state index contributed by atoms with van der Waals surface area (Å²) in [5.41, 5.74) is -1.06. The molecule has 6 nitrogen and oxygen atoms in total. The molecule has 32 heavy (non-hydrogen) atoms. The van der Waals surface area contributed by atoms with Crippen molar-refractivity contribution in [2.45, 2.75) is 52.4 Å². The predicted molar refractivity (Wildman–Crippen MR) is 117 cm³/mol. The Kier molecular flexibility index (Phi) is 4.23. The Hall–Kier alpha value is -2.24. The largest absolute Gasteiger partial charge is 0.282 e. The van der Waals surface area contributed by atoms with Gasteiger partial charge in [0.15, 0.2) is 0 Å². The summed E-state index contributed by atoms with van der Waals surface area (Å²) in [4.78, 5) is 55.0. The molecule has 0 N–H and O–H groups in total. The van der Waals surface area contributed by atoms with Gasteiger partial charge in [0, 0.05) is 13.1 Å². The van der Waals surface area contributed by atoms with Crippen molar-refractivity contribution >= 4 is 23.6 Å². The van der Waals surface area contributed by atoms with Crippen LogP contribution in [0.2, 0.25) is 0 Å². The zero-order valence-corrected chi connectivity index (χ0v) is 19.0. The van der Waals surface area contributed by atoms with Crippen LogP contribution in [0.25, 0.3) is 0 Å². The molecular formula is C26H32N2O4. The van der Waals surface area contributed by atoms with E-state index in [9.17, 15) is 19.2 Å². The van der Waals surface area contributed by atoms with E-state index in [4.69, 9.17) is 0 Å². The predicted octanol–water partition coefficient (Wildman–Crippen LogP) is 2.94. The van der Waals surface area contributed by atoms with E-state index in [1.807, 2.05) is 13.8 Å². The first-order valence-corrected chi connectivity index (χ1v) is 12.4. The molecule has 0 aromatic carbocycles. The molecule has 0 unspecified atom stereocenters. The lowest BCUT2D eigenvalue weighted by Gasteiger charge is -2.28. The van der Waals surface area contributed by atoms with Gasteiger partial charge in [-0.05, 0) is 63.2 Å². The van der Waals surface area contributed by atoms with Gasteiger partial charge in [0.1, 0.15) is 0 Å². The fraction of sp³-hybridized carbons (Fsp3) is 0.692. The van der Waals surface area contributed by atoms with E-state index in [2.05, 4.69) is 24.3 Å². The van der Waals surface area contributed by atoms with Crippen LogP contribution in [0.15, 0.2) is 24.3 Å². The van der Waals surface area contributed by atoms with Crippen LogP contribution in [-0.4, -0.2) is 46.5 Å². The number of hydrogen-bond donors (Lipinski definition) is 0. The average molecular weight is 437 g/mol. The summed E-state index contributed by atoms with van der Waals surface area (Å²) in [7, 11) is 0. The molecule has 8 atom stereocenters. The Bertz CT molecular complexity index is 906. The van der Waals surface area contributed by atoms with Crippen molar-refractivity contribution in [2.24, 2.45) is 46.3 Å². The first-order valence-electron chi connectivity index (χ1n) is 12.4. The van der Waals surface area contributed by atoms with Crippen LogP contribution in [0.4, 0.5) is 0 Å². The van der Waals surface area contributed by atoms with E-state index in [0.717, 1.165) is 38.5 Å². The summed E-state index contributed by atoms with van der Waals surface area (Å²) < 4.78 is 0. The highest BCUT2D eigenvalue weighted by Crippen LogP contribution is 2.61. The Labute approximate surface area is 189 Å². The van der Waals surface area contributed by atoms with Crippen LogP contribution in [0.5, 0.6) is 0 Å². The van der Waals surface area contributed by atoms with Gasteiger partial charge in [-0.15, -0.1) is 0 Å². The number of amides is 4. The molecule has 2 heterocycles. The monoisotopic (exact) mass is 436 g/mol. The summed E-state index contributed by atoms with van der Waals surface area (Å²) >= 11 is 0. The lowest BCUT2D eigenvalue weighted by atomic mass is 9.71. The molecule has 4 aliphatic carbocycles. The van der Waals surface area contributed by atoms with E-state index >= 15 is 0 Å². The maximum absolute atomic E-state index is 13.0. The third-order valence-corrected chi connectivity index (χ3v) is 9.91. The van der Waals surface area contributed by atoms with E-state index in [1.165, 1.54) is 9.80 Å². The Morgan fingerprint density at radius 2 is 1.09 bits per heavy atom. The number of rotatable bonds is 7. The quantitative estimate of drug-likeness (QED) is 0.349. The highest BCUT2D eigenvalue weighted by molar-refractivity contribution is 6.09.